The van der Waals surface area contributed by atoms with E-state index in [1.54, 1.807) is 6.07 Å². The van der Waals surface area contributed by atoms with Crippen LogP contribution in [0.2, 0.25) is 0 Å². The number of aromatic hydroxyl groups is 1. The van der Waals surface area contributed by atoms with Gasteiger partial charge in [0.25, 0.3) is 0 Å². The summed E-state index contributed by atoms with van der Waals surface area (Å²) in [6.07, 6.45) is 3.35. The number of benzene rings is 1. The zero-order valence-corrected chi connectivity index (χ0v) is 13.5. The zero-order chi connectivity index (χ0) is 16.7. The molecule has 0 aromatic heterocycles. The summed E-state index contributed by atoms with van der Waals surface area (Å²) in [6.45, 7) is 5.36. The summed E-state index contributed by atoms with van der Waals surface area (Å²) in [5, 5.41) is 22.1. The second kappa shape index (κ2) is 4.41. The average molecular weight is 327 g/mol. The number of piperidine rings is 1. The maximum absolute atomic E-state index is 12.6. The highest BCUT2D eigenvalue weighted by Crippen LogP contribution is 2.64. The highest BCUT2D eigenvalue weighted by Gasteiger charge is 2.72. The van der Waals surface area contributed by atoms with Crippen molar-refractivity contribution in [2.24, 2.45) is 0 Å². The molecule has 2 N–H and O–H groups in total. The van der Waals surface area contributed by atoms with Gasteiger partial charge in [0.05, 0.1) is 11.0 Å². The molecule has 24 heavy (non-hydrogen) atoms. The summed E-state index contributed by atoms with van der Waals surface area (Å²) in [5.74, 6) is 0.528. The number of ketones is 1. The van der Waals surface area contributed by atoms with Gasteiger partial charge in [0.1, 0.15) is 0 Å². The van der Waals surface area contributed by atoms with Gasteiger partial charge in [-0.05, 0) is 30.9 Å². The summed E-state index contributed by atoms with van der Waals surface area (Å²) in [5.41, 5.74) is 0.256. The number of hydrogen-bond donors (Lipinski definition) is 2. The molecule has 1 aromatic carbocycles. The van der Waals surface area contributed by atoms with Crippen LogP contribution in [0.3, 0.4) is 0 Å². The lowest BCUT2D eigenvalue weighted by Crippen LogP contribution is -2.76. The molecule has 4 aliphatic rings. The first-order chi connectivity index (χ1) is 11.5. The minimum atomic E-state index is -1.00. The maximum Gasteiger partial charge on any atom is 0.174 e. The third-order valence-corrected chi connectivity index (χ3v) is 6.73. The van der Waals surface area contributed by atoms with Crippen molar-refractivity contribution < 1.29 is 19.7 Å². The van der Waals surface area contributed by atoms with Crippen LogP contribution >= 0.6 is 0 Å². The monoisotopic (exact) mass is 327 g/mol. The molecule has 2 fully saturated rings. The first-order valence-corrected chi connectivity index (χ1v) is 8.65. The van der Waals surface area contributed by atoms with E-state index in [2.05, 4.69) is 11.5 Å². The van der Waals surface area contributed by atoms with Crippen LogP contribution in [0.4, 0.5) is 0 Å². The highest BCUT2D eigenvalue weighted by molar-refractivity contribution is 5.90. The number of carbonyl (C=O) groups is 1. The van der Waals surface area contributed by atoms with Crippen molar-refractivity contribution in [1.82, 2.24) is 4.90 Å². The number of carbonyl (C=O) groups excluding carboxylic acids is 1. The second-order valence-corrected chi connectivity index (χ2v) is 7.56. The van der Waals surface area contributed by atoms with Gasteiger partial charge < -0.3 is 14.9 Å². The van der Waals surface area contributed by atoms with E-state index in [0.29, 0.717) is 31.4 Å². The van der Waals surface area contributed by atoms with Crippen molar-refractivity contribution in [3.05, 3.63) is 35.9 Å². The van der Waals surface area contributed by atoms with E-state index in [1.165, 1.54) is 0 Å². The Labute approximate surface area is 140 Å². The Hall–Kier alpha value is -1.85. The number of nitrogens with zero attached hydrogens (tertiary/aromatic N) is 1. The Morgan fingerprint density at radius 3 is 3.04 bits per heavy atom. The van der Waals surface area contributed by atoms with E-state index < -0.39 is 17.1 Å². The minimum absolute atomic E-state index is 0.0408. The predicted molar refractivity (Wildman–Crippen MR) is 87.3 cm³/mol. The summed E-state index contributed by atoms with van der Waals surface area (Å²) in [4.78, 5) is 14.9. The molecule has 5 nitrogen and oxygen atoms in total. The highest BCUT2D eigenvalue weighted by atomic mass is 16.5. The normalized spacial score (nSPS) is 39.3. The number of phenols is 1. The molecule has 2 bridgehead atoms. The number of likely N-dealkylation sites (tertiary alicyclic amines) is 1. The zero-order valence-electron chi connectivity index (χ0n) is 13.5. The van der Waals surface area contributed by atoms with Gasteiger partial charge in [-0.25, -0.2) is 0 Å². The topological polar surface area (TPSA) is 70.0 Å². The van der Waals surface area contributed by atoms with Gasteiger partial charge in [0.2, 0.25) is 0 Å². The van der Waals surface area contributed by atoms with Crippen LogP contribution in [0.5, 0.6) is 11.5 Å². The van der Waals surface area contributed by atoms with Gasteiger partial charge in [-0.1, -0.05) is 12.1 Å². The Balaban J connectivity index is 1.80. The summed E-state index contributed by atoms with van der Waals surface area (Å²) in [6, 6.07) is 3.52. The van der Waals surface area contributed by atoms with Gasteiger partial charge >= 0.3 is 0 Å². The van der Waals surface area contributed by atoms with E-state index in [4.69, 9.17) is 4.74 Å². The molecule has 0 amide bonds. The molecule has 126 valence electrons. The number of hydrogen-bond acceptors (Lipinski definition) is 5. The van der Waals surface area contributed by atoms with Crippen LogP contribution in [0.15, 0.2) is 24.8 Å². The van der Waals surface area contributed by atoms with Crippen LogP contribution < -0.4 is 4.74 Å². The summed E-state index contributed by atoms with van der Waals surface area (Å²) >= 11 is 0. The maximum atomic E-state index is 12.6. The van der Waals surface area contributed by atoms with Crippen molar-refractivity contribution in [3.63, 3.8) is 0 Å². The quantitative estimate of drug-likeness (QED) is 0.802. The van der Waals surface area contributed by atoms with Crippen LogP contribution in [-0.2, 0) is 16.6 Å². The Morgan fingerprint density at radius 2 is 2.25 bits per heavy atom. The van der Waals surface area contributed by atoms with Crippen LogP contribution in [0.1, 0.15) is 30.4 Å². The van der Waals surface area contributed by atoms with Crippen molar-refractivity contribution >= 4 is 5.78 Å². The van der Waals surface area contributed by atoms with Crippen LogP contribution in [0.25, 0.3) is 0 Å². The van der Waals surface area contributed by atoms with Gasteiger partial charge in [-0.2, -0.15) is 0 Å². The summed E-state index contributed by atoms with van der Waals surface area (Å²) in [7, 11) is 0. The second-order valence-electron chi connectivity index (χ2n) is 7.56. The fourth-order valence-corrected chi connectivity index (χ4v) is 5.80. The van der Waals surface area contributed by atoms with E-state index in [9.17, 15) is 15.0 Å². The van der Waals surface area contributed by atoms with E-state index >= 15 is 0 Å². The lowest BCUT2D eigenvalue weighted by atomic mass is 9.49. The first-order valence-electron chi connectivity index (χ1n) is 8.65. The number of Topliss-reactive ketones (excluding diaryl/α,β-unsaturated/α-hetero) is 1. The minimum Gasteiger partial charge on any atom is -0.504 e. The van der Waals surface area contributed by atoms with Gasteiger partial charge in [-0.15, -0.1) is 6.58 Å². The van der Waals surface area contributed by atoms with E-state index in [-0.39, 0.29) is 17.6 Å². The Kier molecular flexibility index (Phi) is 2.66. The molecule has 1 aromatic rings. The van der Waals surface area contributed by atoms with Crippen molar-refractivity contribution in [2.45, 2.75) is 48.8 Å². The molecule has 1 spiro atoms. The molecule has 4 atom stereocenters. The van der Waals surface area contributed by atoms with Crippen LogP contribution in [0, 0.1) is 0 Å². The molecular weight excluding hydrogens is 306 g/mol. The number of ether oxygens (including phenoxy) is 1. The lowest BCUT2D eigenvalue weighted by Gasteiger charge is -2.62. The number of phenolic OH excluding ortho intramolecular Hbond substituents is 1. The average Bonchev–Trinajstić information content (AvgIpc) is 2.91. The SMILES string of the molecule is C=CCN1CC[C@]23c4c5ccc(O)c4OC2C(=O)CC[C@]3(O)[C@H]1C5. The molecule has 2 aliphatic carbocycles. The molecule has 0 radical (unpaired) electrons. The van der Waals surface area contributed by atoms with Crippen LogP contribution in [-0.4, -0.2) is 51.7 Å². The van der Waals surface area contributed by atoms with Crippen molar-refractivity contribution in [2.75, 3.05) is 13.1 Å². The predicted octanol–water partition coefficient (Wildman–Crippen LogP) is 1.30. The number of rotatable bonds is 2. The molecular formula is C19H21NO4. The molecule has 5 heteroatoms. The molecule has 5 rings (SSSR count). The Morgan fingerprint density at radius 1 is 1.42 bits per heavy atom. The number of aliphatic hydroxyl groups is 1. The first kappa shape index (κ1) is 14.5. The third-order valence-electron chi connectivity index (χ3n) is 6.73. The Bertz CT molecular complexity index is 775. The van der Waals surface area contributed by atoms with Gasteiger partial charge in [0, 0.05) is 31.1 Å². The standard InChI is InChI=1S/C19H21NO4/c1-2-8-20-9-7-18-15-11-3-4-12(21)16(15)24-17(18)13(22)5-6-19(18,23)14(20)10-11/h2-4,14,17,21,23H,1,5-10H2/t14-,17?,18+,19+/m1/s1. The molecule has 1 unspecified atom stereocenters. The van der Waals surface area contributed by atoms with Gasteiger partial charge in [0.15, 0.2) is 23.4 Å². The summed E-state index contributed by atoms with van der Waals surface area (Å²) < 4.78 is 5.98. The molecule has 2 aliphatic heterocycles. The fraction of sp³-hybridized carbons (Fsp3) is 0.526. The molecule has 2 heterocycles. The van der Waals surface area contributed by atoms with Crippen molar-refractivity contribution in [1.29, 1.82) is 0 Å². The van der Waals surface area contributed by atoms with Crippen molar-refractivity contribution in [3.8, 4) is 11.5 Å². The van der Waals surface area contributed by atoms with E-state index in [1.807, 2.05) is 12.1 Å². The smallest absolute Gasteiger partial charge is 0.174 e. The largest absolute Gasteiger partial charge is 0.504 e. The van der Waals surface area contributed by atoms with Gasteiger partial charge in [-0.3, -0.25) is 9.69 Å². The third kappa shape index (κ3) is 1.38. The van der Waals surface area contributed by atoms with E-state index in [0.717, 1.165) is 24.2 Å². The fourth-order valence-electron chi connectivity index (χ4n) is 5.80. The molecule has 1 saturated heterocycles. The molecule has 1 saturated carbocycles. The lowest BCUT2D eigenvalue weighted by molar-refractivity contribution is -0.187.